The number of carbonyl (C=O) groups excluding carboxylic acids is 1. The average molecular weight is 396 g/mol. The number of benzene rings is 1. The van der Waals surface area contributed by atoms with Crippen molar-refractivity contribution in [3.05, 3.63) is 59.2 Å². The molecular formula is C26H37NO2. The molecule has 1 saturated carbocycles. The van der Waals surface area contributed by atoms with Gasteiger partial charge in [0.1, 0.15) is 0 Å². The van der Waals surface area contributed by atoms with Crippen molar-refractivity contribution in [3.63, 3.8) is 0 Å². The van der Waals surface area contributed by atoms with E-state index in [1.54, 1.807) is 10.5 Å². The topological polar surface area (TPSA) is 40.5 Å². The number of allylic oxidation sites excluding steroid dienone is 3. The molecule has 0 saturated heterocycles. The van der Waals surface area contributed by atoms with Crippen LogP contribution < -0.4 is 0 Å². The molecule has 3 heteroatoms. The van der Waals surface area contributed by atoms with E-state index in [0.29, 0.717) is 24.2 Å². The minimum Gasteiger partial charge on any atom is -0.392 e. The molecule has 2 aliphatic carbocycles. The third kappa shape index (κ3) is 6.05. The molecule has 0 aliphatic heterocycles. The predicted octanol–water partition coefficient (Wildman–Crippen LogP) is 5.08. The minimum absolute atomic E-state index is 0.198. The van der Waals surface area contributed by atoms with Crippen LogP contribution in [0.3, 0.4) is 0 Å². The molecule has 0 bridgehead atoms. The third-order valence-corrected chi connectivity index (χ3v) is 6.67. The van der Waals surface area contributed by atoms with Gasteiger partial charge in [-0.05, 0) is 69.3 Å². The lowest BCUT2D eigenvalue weighted by Crippen LogP contribution is -2.21. The molecule has 0 radical (unpaired) electrons. The van der Waals surface area contributed by atoms with Crippen LogP contribution in [0.25, 0.3) is 0 Å². The number of carbonyl (C=O) groups is 1. The highest BCUT2D eigenvalue weighted by molar-refractivity contribution is 5.75. The fourth-order valence-electron chi connectivity index (χ4n) is 4.90. The van der Waals surface area contributed by atoms with Gasteiger partial charge in [0, 0.05) is 26.4 Å². The van der Waals surface area contributed by atoms with Gasteiger partial charge in [0.25, 0.3) is 0 Å². The Morgan fingerprint density at radius 1 is 1.17 bits per heavy atom. The molecule has 1 fully saturated rings. The van der Waals surface area contributed by atoms with Crippen molar-refractivity contribution in [2.45, 2.75) is 64.4 Å². The van der Waals surface area contributed by atoms with Gasteiger partial charge in [0.05, 0.1) is 6.10 Å². The summed E-state index contributed by atoms with van der Waals surface area (Å²) >= 11 is 0. The Bertz CT molecular complexity index is 732. The van der Waals surface area contributed by atoms with E-state index in [0.717, 1.165) is 44.9 Å². The lowest BCUT2D eigenvalue weighted by atomic mass is 9.88. The van der Waals surface area contributed by atoms with Crippen LogP contribution in [0, 0.1) is 24.7 Å². The summed E-state index contributed by atoms with van der Waals surface area (Å²) in [4.78, 5) is 13.4. The van der Waals surface area contributed by atoms with E-state index in [9.17, 15) is 9.90 Å². The van der Waals surface area contributed by atoms with E-state index < -0.39 is 0 Å². The minimum atomic E-state index is -0.198. The zero-order valence-corrected chi connectivity index (χ0v) is 18.3. The van der Waals surface area contributed by atoms with Crippen molar-refractivity contribution in [2.75, 3.05) is 14.1 Å². The van der Waals surface area contributed by atoms with Crippen LogP contribution in [0.5, 0.6) is 0 Å². The number of aryl methyl sites for hydroxylation is 2. The number of rotatable bonds is 9. The summed E-state index contributed by atoms with van der Waals surface area (Å²) in [5.74, 6) is 1.62. The molecule has 1 amide bonds. The number of aliphatic hydroxyl groups excluding tert-OH is 1. The van der Waals surface area contributed by atoms with Crippen LogP contribution in [-0.2, 0) is 11.2 Å². The molecule has 0 spiro atoms. The maximum absolute atomic E-state index is 11.7. The zero-order valence-electron chi connectivity index (χ0n) is 18.3. The molecule has 1 aromatic rings. The summed E-state index contributed by atoms with van der Waals surface area (Å²) in [6.07, 6.45) is 14.7. The number of unbranched alkanes of at least 4 members (excludes halogenated alkanes) is 1. The number of fused-ring (bicyclic) bond motifs is 1. The van der Waals surface area contributed by atoms with E-state index in [1.807, 2.05) is 14.1 Å². The Hall–Kier alpha value is -1.87. The quantitative estimate of drug-likeness (QED) is 0.468. The average Bonchev–Trinajstić information content (AvgIpc) is 3.20. The molecule has 0 heterocycles. The Morgan fingerprint density at radius 3 is 2.66 bits per heavy atom. The van der Waals surface area contributed by atoms with Crippen LogP contribution in [0.15, 0.2) is 48.1 Å². The van der Waals surface area contributed by atoms with Crippen LogP contribution in [0.4, 0.5) is 0 Å². The van der Waals surface area contributed by atoms with Gasteiger partial charge in [-0.15, -0.1) is 0 Å². The van der Waals surface area contributed by atoms with Crippen molar-refractivity contribution < 1.29 is 9.90 Å². The molecule has 3 nitrogen and oxygen atoms in total. The van der Waals surface area contributed by atoms with Gasteiger partial charge in [-0.1, -0.05) is 53.6 Å². The second-order valence-electron chi connectivity index (χ2n) is 9.18. The van der Waals surface area contributed by atoms with Crippen molar-refractivity contribution >= 4 is 5.91 Å². The Labute approximate surface area is 176 Å². The maximum Gasteiger partial charge on any atom is 0.222 e. The summed E-state index contributed by atoms with van der Waals surface area (Å²) in [5, 5.41) is 10.5. The summed E-state index contributed by atoms with van der Waals surface area (Å²) in [5.41, 5.74) is 4.23. The third-order valence-electron chi connectivity index (χ3n) is 6.67. The first-order valence-electron chi connectivity index (χ1n) is 11.2. The molecule has 4 atom stereocenters. The monoisotopic (exact) mass is 395 g/mol. The molecule has 158 valence electrons. The first-order valence-corrected chi connectivity index (χ1v) is 11.2. The van der Waals surface area contributed by atoms with Crippen molar-refractivity contribution in [1.82, 2.24) is 4.90 Å². The Balaban J connectivity index is 1.42. The Morgan fingerprint density at radius 2 is 1.93 bits per heavy atom. The van der Waals surface area contributed by atoms with Crippen LogP contribution in [0.2, 0.25) is 0 Å². The SMILES string of the molecule is Cc1ccc(CC/C=C/[C@@H]2[C@H]3CC(CCCCC(=O)N(C)C)=C[C@H]3C[C@H]2O)cc1. The lowest BCUT2D eigenvalue weighted by Gasteiger charge is -2.18. The van der Waals surface area contributed by atoms with E-state index in [-0.39, 0.29) is 12.0 Å². The lowest BCUT2D eigenvalue weighted by molar-refractivity contribution is -0.128. The number of hydrogen-bond acceptors (Lipinski definition) is 2. The van der Waals surface area contributed by atoms with Crippen LogP contribution in [-0.4, -0.2) is 36.1 Å². The summed E-state index contributed by atoms with van der Waals surface area (Å²) < 4.78 is 0. The van der Waals surface area contributed by atoms with Gasteiger partial charge < -0.3 is 10.0 Å². The number of aliphatic hydroxyl groups is 1. The number of amides is 1. The van der Waals surface area contributed by atoms with Crippen molar-refractivity contribution in [2.24, 2.45) is 17.8 Å². The van der Waals surface area contributed by atoms with Gasteiger partial charge in [-0.3, -0.25) is 4.79 Å². The fraction of sp³-hybridized carbons (Fsp3) is 0.577. The molecule has 29 heavy (non-hydrogen) atoms. The molecule has 1 N–H and O–H groups in total. The first kappa shape index (κ1) is 21.8. The molecule has 0 aromatic heterocycles. The van der Waals surface area contributed by atoms with Crippen LogP contribution in [0.1, 0.15) is 56.1 Å². The second kappa shape index (κ2) is 10.2. The number of hydrogen-bond donors (Lipinski definition) is 1. The van der Waals surface area contributed by atoms with E-state index in [2.05, 4.69) is 49.4 Å². The summed E-state index contributed by atoms with van der Waals surface area (Å²) in [6.45, 7) is 2.12. The molecule has 2 aliphatic rings. The molecule has 3 rings (SSSR count). The van der Waals surface area contributed by atoms with Gasteiger partial charge in [0.15, 0.2) is 0 Å². The molecule has 1 aromatic carbocycles. The molecule has 0 unspecified atom stereocenters. The zero-order chi connectivity index (χ0) is 20.8. The second-order valence-corrected chi connectivity index (χ2v) is 9.18. The van der Waals surface area contributed by atoms with Crippen molar-refractivity contribution in [1.29, 1.82) is 0 Å². The predicted molar refractivity (Wildman–Crippen MR) is 120 cm³/mol. The van der Waals surface area contributed by atoms with Gasteiger partial charge in [-0.25, -0.2) is 0 Å². The highest BCUT2D eigenvalue weighted by atomic mass is 16.3. The standard InChI is InChI=1S/C26H37NO2/c1-19-12-14-20(15-13-19)8-4-6-10-23-24-17-21(16-22(24)18-25(23)28)9-5-7-11-26(29)27(2)3/h6,10,12-16,22-25,28H,4-5,7-9,11,17-18H2,1-3H3/b10-6+/t22-,23+,24-,25+/m0/s1. The highest BCUT2D eigenvalue weighted by Gasteiger charge is 2.43. The van der Waals surface area contributed by atoms with Crippen LogP contribution >= 0.6 is 0 Å². The summed E-state index contributed by atoms with van der Waals surface area (Å²) in [6, 6.07) is 8.77. The van der Waals surface area contributed by atoms with Gasteiger partial charge in [-0.2, -0.15) is 0 Å². The van der Waals surface area contributed by atoms with E-state index >= 15 is 0 Å². The van der Waals surface area contributed by atoms with Gasteiger partial charge >= 0.3 is 0 Å². The highest BCUT2D eigenvalue weighted by Crippen LogP contribution is 2.48. The van der Waals surface area contributed by atoms with E-state index in [4.69, 9.17) is 0 Å². The normalized spacial score (nSPS) is 26.0. The maximum atomic E-state index is 11.7. The first-order chi connectivity index (χ1) is 13.9. The Kier molecular flexibility index (Phi) is 7.71. The fourth-order valence-corrected chi connectivity index (χ4v) is 4.90. The summed E-state index contributed by atoms with van der Waals surface area (Å²) in [7, 11) is 3.64. The van der Waals surface area contributed by atoms with Gasteiger partial charge in [0.2, 0.25) is 5.91 Å². The number of nitrogens with zero attached hydrogens (tertiary/aromatic N) is 1. The smallest absolute Gasteiger partial charge is 0.222 e. The van der Waals surface area contributed by atoms with E-state index in [1.165, 1.54) is 11.1 Å². The largest absolute Gasteiger partial charge is 0.392 e. The van der Waals surface area contributed by atoms with Crippen molar-refractivity contribution in [3.8, 4) is 0 Å². The molecular weight excluding hydrogens is 358 g/mol.